The van der Waals surface area contributed by atoms with Crippen LogP contribution in [0.5, 0.6) is 0 Å². The molecule has 0 atom stereocenters. The quantitative estimate of drug-likeness (QED) is 0.486. The Balaban J connectivity index is 1.64. The van der Waals surface area contributed by atoms with Crippen LogP contribution in [0, 0.1) is 11.6 Å². The van der Waals surface area contributed by atoms with E-state index in [0.717, 1.165) is 27.4 Å². The third-order valence-corrected chi connectivity index (χ3v) is 4.82. The minimum absolute atomic E-state index is 0.243. The maximum atomic E-state index is 13.3. The number of hydrogen-bond acceptors (Lipinski definition) is 3. The van der Waals surface area contributed by atoms with Crippen molar-refractivity contribution in [3.63, 3.8) is 0 Å². The van der Waals surface area contributed by atoms with Crippen molar-refractivity contribution in [2.75, 3.05) is 0 Å². The van der Waals surface area contributed by atoms with E-state index in [1.165, 1.54) is 36.0 Å². The lowest BCUT2D eigenvalue weighted by atomic mass is 10.1. The van der Waals surface area contributed by atoms with E-state index in [0.29, 0.717) is 5.75 Å². The van der Waals surface area contributed by atoms with Gasteiger partial charge in [-0.2, -0.15) is 5.10 Å². The van der Waals surface area contributed by atoms with Crippen LogP contribution >= 0.6 is 11.8 Å². The van der Waals surface area contributed by atoms with Crippen molar-refractivity contribution in [1.29, 1.82) is 0 Å². The van der Waals surface area contributed by atoms with Crippen molar-refractivity contribution < 1.29 is 8.78 Å². The molecule has 0 unspecified atom stereocenters. The molecule has 3 nitrogen and oxygen atoms in total. The lowest BCUT2D eigenvalue weighted by molar-refractivity contribution is 0.626. The Morgan fingerprint density at radius 3 is 2.60 bits per heavy atom. The van der Waals surface area contributed by atoms with Crippen LogP contribution in [0.15, 0.2) is 72.0 Å². The highest BCUT2D eigenvalue weighted by atomic mass is 32.2. The van der Waals surface area contributed by atoms with Gasteiger partial charge in [-0.15, -0.1) is 0 Å². The Hall–Kier alpha value is -2.73. The Bertz CT molecular complexity index is 1030. The summed E-state index contributed by atoms with van der Waals surface area (Å²) < 4.78 is 28.1. The maximum Gasteiger partial charge on any atom is 0.123 e. The predicted octanol–water partition coefficient (Wildman–Crippen LogP) is 4.97. The van der Waals surface area contributed by atoms with Crippen LogP contribution in [-0.4, -0.2) is 14.6 Å². The molecule has 0 aliphatic rings. The van der Waals surface area contributed by atoms with Gasteiger partial charge in [-0.3, -0.25) is 0 Å². The van der Waals surface area contributed by atoms with Crippen LogP contribution in [0.25, 0.3) is 16.8 Å². The van der Waals surface area contributed by atoms with E-state index in [1.54, 1.807) is 35.1 Å². The molecule has 0 saturated heterocycles. The van der Waals surface area contributed by atoms with E-state index in [1.807, 2.05) is 12.1 Å². The Labute approximate surface area is 147 Å². The van der Waals surface area contributed by atoms with Crippen molar-refractivity contribution in [2.24, 2.45) is 0 Å². The second-order valence-corrected chi connectivity index (χ2v) is 6.48. The fraction of sp³-hybridized carbons (Fsp3) is 0.0526. The second-order valence-electron chi connectivity index (χ2n) is 5.52. The fourth-order valence-corrected chi connectivity index (χ4v) is 3.47. The second kappa shape index (κ2) is 6.64. The first-order valence-corrected chi connectivity index (χ1v) is 8.65. The molecule has 0 radical (unpaired) electrons. The van der Waals surface area contributed by atoms with Gasteiger partial charge in [0.05, 0.1) is 11.2 Å². The minimum Gasteiger partial charge on any atom is -0.246 e. The third-order valence-electron chi connectivity index (χ3n) is 3.76. The summed E-state index contributed by atoms with van der Waals surface area (Å²) in [6.07, 6.45) is 3.46. The SMILES string of the molecule is Fc1ccc(-c2cc3c(SCc4cccc(F)c4)nccn3n2)cc1. The zero-order valence-corrected chi connectivity index (χ0v) is 13.9. The molecule has 4 rings (SSSR count). The average molecular weight is 353 g/mol. The van der Waals surface area contributed by atoms with Gasteiger partial charge in [-0.05, 0) is 48.0 Å². The first-order valence-electron chi connectivity index (χ1n) is 7.66. The first kappa shape index (κ1) is 15.8. The Morgan fingerprint density at radius 2 is 1.80 bits per heavy atom. The molecule has 0 saturated carbocycles. The Morgan fingerprint density at radius 1 is 0.960 bits per heavy atom. The highest BCUT2D eigenvalue weighted by molar-refractivity contribution is 7.98. The van der Waals surface area contributed by atoms with Crippen LogP contribution in [-0.2, 0) is 5.75 Å². The topological polar surface area (TPSA) is 30.2 Å². The van der Waals surface area contributed by atoms with Crippen LogP contribution in [0.4, 0.5) is 8.78 Å². The van der Waals surface area contributed by atoms with Crippen molar-refractivity contribution in [2.45, 2.75) is 10.8 Å². The molecule has 0 spiro atoms. The van der Waals surface area contributed by atoms with Crippen molar-refractivity contribution >= 4 is 17.3 Å². The molecule has 0 amide bonds. The molecule has 25 heavy (non-hydrogen) atoms. The summed E-state index contributed by atoms with van der Waals surface area (Å²) in [7, 11) is 0. The zero-order chi connectivity index (χ0) is 17.2. The van der Waals surface area contributed by atoms with E-state index < -0.39 is 0 Å². The first-order chi connectivity index (χ1) is 12.2. The summed E-state index contributed by atoms with van der Waals surface area (Å²) in [5.41, 5.74) is 3.35. The molecule has 2 heterocycles. The van der Waals surface area contributed by atoms with E-state index >= 15 is 0 Å². The summed E-state index contributed by atoms with van der Waals surface area (Å²) in [5, 5.41) is 5.34. The van der Waals surface area contributed by atoms with Gasteiger partial charge in [0.15, 0.2) is 0 Å². The van der Waals surface area contributed by atoms with Crippen molar-refractivity contribution in [3.8, 4) is 11.3 Å². The molecule has 0 aliphatic heterocycles. The normalized spacial score (nSPS) is 11.1. The average Bonchev–Trinajstić information content (AvgIpc) is 3.05. The van der Waals surface area contributed by atoms with E-state index in [-0.39, 0.29) is 11.6 Å². The monoisotopic (exact) mass is 353 g/mol. The Kier molecular flexibility index (Phi) is 4.19. The number of halogens is 2. The van der Waals surface area contributed by atoms with Crippen LogP contribution in [0.2, 0.25) is 0 Å². The van der Waals surface area contributed by atoms with Gasteiger partial charge in [0.2, 0.25) is 0 Å². The number of aromatic nitrogens is 3. The third kappa shape index (κ3) is 3.39. The van der Waals surface area contributed by atoms with Gasteiger partial charge in [0.25, 0.3) is 0 Å². The largest absolute Gasteiger partial charge is 0.246 e. The number of nitrogens with zero attached hydrogens (tertiary/aromatic N) is 3. The number of benzene rings is 2. The van der Waals surface area contributed by atoms with E-state index in [9.17, 15) is 8.78 Å². The minimum atomic E-state index is -0.277. The highest BCUT2D eigenvalue weighted by Crippen LogP contribution is 2.28. The molecule has 2 aromatic heterocycles. The number of thioether (sulfide) groups is 1. The van der Waals surface area contributed by atoms with Gasteiger partial charge in [0.1, 0.15) is 16.7 Å². The van der Waals surface area contributed by atoms with Crippen molar-refractivity contribution in [3.05, 3.63) is 84.2 Å². The molecular weight excluding hydrogens is 340 g/mol. The molecule has 2 aromatic carbocycles. The van der Waals surface area contributed by atoms with Gasteiger partial charge >= 0.3 is 0 Å². The summed E-state index contributed by atoms with van der Waals surface area (Å²) in [6, 6.07) is 14.7. The molecule has 6 heteroatoms. The molecule has 0 bridgehead atoms. The van der Waals surface area contributed by atoms with Gasteiger partial charge < -0.3 is 0 Å². The van der Waals surface area contributed by atoms with E-state index in [4.69, 9.17) is 0 Å². The predicted molar refractivity (Wildman–Crippen MR) is 94.3 cm³/mol. The van der Waals surface area contributed by atoms with Gasteiger partial charge in [0, 0.05) is 23.7 Å². The smallest absolute Gasteiger partial charge is 0.123 e. The molecule has 0 fully saturated rings. The summed E-state index contributed by atoms with van der Waals surface area (Å²) in [5.74, 6) is 0.0920. The number of fused-ring (bicyclic) bond motifs is 1. The van der Waals surface area contributed by atoms with Gasteiger partial charge in [-0.1, -0.05) is 23.9 Å². The number of hydrogen-bond donors (Lipinski definition) is 0. The molecular formula is C19H13F2N3S. The van der Waals surface area contributed by atoms with E-state index in [2.05, 4.69) is 10.1 Å². The number of rotatable bonds is 4. The zero-order valence-electron chi connectivity index (χ0n) is 13.1. The summed E-state index contributed by atoms with van der Waals surface area (Å²) >= 11 is 1.52. The lowest BCUT2D eigenvalue weighted by Crippen LogP contribution is -1.91. The highest BCUT2D eigenvalue weighted by Gasteiger charge is 2.10. The molecule has 4 aromatic rings. The summed E-state index contributed by atoms with van der Waals surface area (Å²) in [6.45, 7) is 0. The molecule has 0 aliphatic carbocycles. The molecule has 0 N–H and O–H groups in total. The molecule has 124 valence electrons. The lowest BCUT2D eigenvalue weighted by Gasteiger charge is -2.03. The van der Waals surface area contributed by atoms with Crippen LogP contribution in [0.3, 0.4) is 0 Å². The van der Waals surface area contributed by atoms with Gasteiger partial charge in [-0.25, -0.2) is 18.3 Å². The maximum absolute atomic E-state index is 13.3. The summed E-state index contributed by atoms with van der Waals surface area (Å²) in [4.78, 5) is 4.41. The fourth-order valence-electron chi connectivity index (χ4n) is 2.55. The van der Waals surface area contributed by atoms with Crippen molar-refractivity contribution in [1.82, 2.24) is 14.6 Å². The standard InChI is InChI=1S/C19H13F2N3S/c20-15-6-4-14(5-7-15)17-11-18-19(22-8-9-24(18)23-17)25-12-13-2-1-3-16(21)10-13/h1-11H,12H2. The van der Waals surface area contributed by atoms with Crippen LogP contribution in [0.1, 0.15) is 5.56 Å². The van der Waals surface area contributed by atoms with Crippen LogP contribution < -0.4 is 0 Å².